The second kappa shape index (κ2) is 7.74. The zero-order chi connectivity index (χ0) is 18.7. The van der Waals surface area contributed by atoms with E-state index in [1.165, 1.54) is 0 Å². The van der Waals surface area contributed by atoms with E-state index in [1.807, 2.05) is 61.2 Å². The zero-order valence-corrected chi connectivity index (χ0v) is 15.6. The Bertz CT molecular complexity index is 762. The fourth-order valence-corrected chi connectivity index (χ4v) is 3.46. The standard InChI is InChI=1S/C20H26N4O2/c1-15-7-4-5-8-16(15)18(22(2)3)20(26)24-13-11-23(12-14-24)19(25)17-9-6-10-21-17/h4-10,18,21H,11-14H2,1-3H3. The third-order valence-electron chi connectivity index (χ3n) is 4.94. The SMILES string of the molecule is Cc1ccccc1C(C(=O)N1CCN(C(=O)c2ccc[nH]2)CC1)N(C)C. The van der Waals surface area contributed by atoms with Crippen LogP contribution < -0.4 is 0 Å². The van der Waals surface area contributed by atoms with Gasteiger partial charge in [-0.1, -0.05) is 24.3 Å². The van der Waals surface area contributed by atoms with Crippen LogP contribution in [0, 0.1) is 6.92 Å². The highest BCUT2D eigenvalue weighted by Gasteiger charge is 2.32. The van der Waals surface area contributed by atoms with Crippen molar-refractivity contribution in [2.24, 2.45) is 0 Å². The number of nitrogens with zero attached hydrogens (tertiary/aromatic N) is 3. The number of aryl methyl sites for hydroxylation is 1. The van der Waals surface area contributed by atoms with Gasteiger partial charge >= 0.3 is 0 Å². The van der Waals surface area contributed by atoms with E-state index in [-0.39, 0.29) is 17.9 Å². The van der Waals surface area contributed by atoms with E-state index in [1.54, 1.807) is 17.2 Å². The van der Waals surface area contributed by atoms with Gasteiger partial charge in [0.15, 0.2) is 0 Å². The molecule has 2 heterocycles. The van der Waals surface area contributed by atoms with Gasteiger partial charge in [0.1, 0.15) is 11.7 Å². The molecule has 1 aliphatic heterocycles. The largest absolute Gasteiger partial charge is 0.357 e. The van der Waals surface area contributed by atoms with Gasteiger partial charge in [-0.25, -0.2) is 0 Å². The molecule has 0 aliphatic carbocycles. The van der Waals surface area contributed by atoms with Crippen molar-refractivity contribution >= 4 is 11.8 Å². The molecule has 3 rings (SSSR count). The Kier molecular flexibility index (Phi) is 5.42. The lowest BCUT2D eigenvalue weighted by Gasteiger charge is -2.38. The highest BCUT2D eigenvalue weighted by molar-refractivity contribution is 5.92. The number of aromatic amines is 1. The lowest BCUT2D eigenvalue weighted by atomic mass is 9.99. The number of rotatable bonds is 4. The summed E-state index contributed by atoms with van der Waals surface area (Å²) in [6.07, 6.45) is 1.75. The fourth-order valence-electron chi connectivity index (χ4n) is 3.46. The summed E-state index contributed by atoms with van der Waals surface area (Å²) >= 11 is 0. The molecule has 1 aromatic heterocycles. The van der Waals surface area contributed by atoms with Gasteiger partial charge in [-0.2, -0.15) is 0 Å². The van der Waals surface area contributed by atoms with Crippen molar-refractivity contribution in [3.8, 4) is 0 Å². The van der Waals surface area contributed by atoms with Crippen LogP contribution in [0.25, 0.3) is 0 Å². The van der Waals surface area contributed by atoms with E-state index in [2.05, 4.69) is 4.98 Å². The highest BCUT2D eigenvalue weighted by atomic mass is 16.2. The van der Waals surface area contributed by atoms with Crippen LogP contribution in [0.5, 0.6) is 0 Å². The minimum atomic E-state index is -0.304. The first-order chi connectivity index (χ1) is 12.5. The van der Waals surface area contributed by atoms with Crippen molar-refractivity contribution in [3.63, 3.8) is 0 Å². The van der Waals surface area contributed by atoms with Gasteiger partial charge in [-0.3, -0.25) is 14.5 Å². The van der Waals surface area contributed by atoms with Crippen LogP contribution in [-0.2, 0) is 4.79 Å². The molecule has 2 aromatic rings. The maximum atomic E-state index is 13.2. The van der Waals surface area contributed by atoms with E-state index in [9.17, 15) is 9.59 Å². The number of nitrogens with one attached hydrogen (secondary N) is 1. The second-order valence-electron chi connectivity index (χ2n) is 6.92. The number of H-pyrrole nitrogens is 1. The molecular weight excluding hydrogens is 328 g/mol. The molecule has 2 amide bonds. The van der Waals surface area contributed by atoms with Gasteiger partial charge in [0.2, 0.25) is 5.91 Å². The average molecular weight is 354 g/mol. The molecule has 1 fully saturated rings. The molecule has 0 radical (unpaired) electrons. The van der Waals surface area contributed by atoms with Gasteiger partial charge in [0.05, 0.1) is 0 Å². The number of likely N-dealkylation sites (N-methyl/N-ethyl adjacent to an activating group) is 1. The molecule has 138 valence electrons. The Labute approximate surface area is 154 Å². The molecule has 0 saturated carbocycles. The predicted molar refractivity (Wildman–Crippen MR) is 101 cm³/mol. The molecule has 1 atom stereocenters. The molecule has 0 bridgehead atoms. The summed E-state index contributed by atoms with van der Waals surface area (Å²) in [5.74, 6) is 0.0847. The van der Waals surface area contributed by atoms with Gasteiger partial charge in [0, 0.05) is 32.4 Å². The maximum Gasteiger partial charge on any atom is 0.270 e. The normalized spacial score (nSPS) is 16.0. The quantitative estimate of drug-likeness (QED) is 0.912. The lowest BCUT2D eigenvalue weighted by Crippen LogP contribution is -2.53. The Balaban J connectivity index is 1.69. The minimum absolute atomic E-state index is 0.00911. The molecule has 6 heteroatoms. The van der Waals surface area contributed by atoms with E-state index in [0.29, 0.717) is 31.9 Å². The van der Waals surface area contributed by atoms with Gasteiger partial charge in [-0.15, -0.1) is 0 Å². The summed E-state index contributed by atoms with van der Waals surface area (Å²) < 4.78 is 0. The minimum Gasteiger partial charge on any atom is -0.357 e. The van der Waals surface area contributed by atoms with Gasteiger partial charge in [-0.05, 0) is 44.3 Å². The lowest BCUT2D eigenvalue weighted by molar-refractivity contribution is -0.137. The summed E-state index contributed by atoms with van der Waals surface area (Å²) in [4.78, 5) is 34.2. The van der Waals surface area contributed by atoms with Crippen molar-refractivity contribution in [3.05, 3.63) is 59.4 Å². The zero-order valence-electron chi connectivity index (χ0n) is 15.6. The van der Waals surface area contributed by atoms with Crippen LogP contribution >= 0.6 is 0 Å². The molecule has 1 aliphatic rings. The van der Waals surface area contributed by atoms with Crippen molar-refractivity contribution in [1.82, 2.24) is 19.7 Å². The van der Waals surface area contributed by atoms with Crippen LogP contribution in [0.15, 0.2) is 42.6 Å². The first-order valence-corrected chi connectivity index (χ1v) is 8.92. The van der Waals surface area contributed by atoms with E-state index in [4.69, 9.17) is 0 Å². The number of benzene rings is 1. The van der Waals surface area contributed by atoms with E-state index >= 15 is 0 Å². The molecule has 26 heavy (non-hydrogen) atoms. The maximum absolute atomic E-state index is 13.2. The molecule has 1 saturated heterocycles. The topological polar surface area (TPSA) is 59.7 Å². The Morgan fingerprint density at radius 2 is 1.65 bits per heavy atom. The molecule has 1 N–H and O–H groups in total. The summed E-state index contributed by atoms with van der Waals surface area (Å²) in [5, 5.41) is 0. The first kappa shape index (κ1) is 18.2. The third kappa shape index (κ3) is 3.65. The van der Waals surface area contributed by atoms with Crippen LogP contribution in [0.3, 0.4) is 0 Å². The number of piperazine rings is 1. The summed E-state index contributed by atoms with van der Waals surface area (Å²) in [6.45, 7) is 4.25. The van der Waals surface area contributed by atoms with E-state index < -0.39 is 0 Å². The summed E-state index contributed by atoms with van der Waals surface area (Å²) in [5.41, 5.74) is 2.74. The number of carbonyl (C=O) groups excluding carboxylic acids is 2. The second-order valence-corrected chi connectivity index (χ2v) is 6.92. The Morgan fingerprint density at radius 3 is 2.23 bits per heavy atom. The fraction of sp³-hybridized carbons (Fsp3) is 0.400. The van der Waals surface area contributed by atoms with Crippen molar-refractivity contribution in [2.45, 2.75) is 13.0 Å². The number of amides is 2. The number of aromatic nitrogens is 1. The first-order valence-electron chi connectivity index (χ1n) is 8.92. The predicted octanol–water partition coefficient (Wildman–Crippen LogP) is 1.91. The highest BCUT2D eigenvalue weighted by Crippen LogP contribution is 2.24. The van der Waals surface area contributed by atoms with Crippen LogP contribution in [0.1, 0.15) is 27.7 Å². The van der Waals surface area contributed by atoms with Crippen LogP contribution in [0.2, 0.25) is 0 Å². The van der Waals surface area contributed by atoms with Crippen LogP contribution in [-0.4, -0.2) is 71.8 Å². The number of hydrogen-bond acceptors (Lipinski definition) is 3. The number of carbonyl (C=O) groups is 2. The van der Waals surface area contributed by atoms with Crippen molar-refractivity contribution < 1.29 is 9.59 Å². The van der Waals surface area contributed by atoms with Gasteiger partial charge < -0.3 is 14.8 Å². The van der Waals surface area contributed by atoms with Crippen molar-refractivity contribution in [2.75, 3.05) is 40.3 Å². The monoisotopic (exact) mass is 354 g/mol. The van der Waals surface area contributed by atoms with E-state index in [0.717, 1.165) is 11.1 Å². The van der Waals surface area contributed by atoms with Crippen LogP contribution in [0.4, 0.5) is 0 Å². The molecule has 6 nitrogen and oxygen atoms in total. The molecule has 1 unspecified atom stereocenters. The van der Waals surface area contributed by atoms with Gasteiger partial charge in [0.25, 0.3) is 5.91 Å². The van der Waals surface area contributed by atoms with Crippen molar-refractivity contribution in [1.29, 1.82) is 0 Å². The molecule has 1 aromatic carbocycles. The third-order valence-corrected chi connectivity index (χ3v) is 4.94. The average Bonchev–Trinajstić information content (AvgIpc) is 3.17. The summed E-state index contributed by atoms with van der Waals surface area (Å²) in [6, 6.07) is 11.3. The molecule has 0 spiro atoms. The Morgan fingerprint density at radius 1 is 1.00 bits per heavy atom. The molecular formula is C20H26N4O2. The smallest absolute Gasteiger partial charge is 0.270 e. The number of hydrogen-bond donors (Lipinski definition) is 1. The summed E-state index contributed by atoms with van der Waals surface area (Å²) in [7, 11) is 3.86. The Hall–Kier alpha value is -2.60.